The predicted molar refractivity (Wildman–Crippen MR) is 94.2 cm³/mol. The van der Waals surface area contributed by atoms with Gasteiger partial charge in [-0.3, -0.25) is 19.7 Å². The van der Waals surface area contributed by atoms with E-state index in [-0.39, 0.29) is 18.2 Å². The van der Waals surface area contributed by atoms with Crippen LogP contribution in [0.2, 0.25) is 0 Å². The highest BCUT2D eigenvalue weighted by Gasteiger charge is 2.39. The first-order valence-electron chi connectivity index (χ1n) is 8.38. The normalized spacial score (nSPS) is 20.1. The number of nitrogens with two attached hydrogens (primary N) is 1. The number of fused-ring (bicyclic) bond motifs is 1. The number of aliphatic hydroxyl groups is 2. The summed E-state index contributed by atoms with van der Waals surface area (Å²) in [4.78, 5) is 56.3. The lowest BCUT2D eigenvalue weighted by Crippen LogP contribution is -2.52. The summed E-state index contributed by atoms with van der Waals surface area (Å²) in [6.45, 7) is 0.327. The van der Waals surface area contributed by atoms with Crippen molar-refractivity contribution in [3.63, 3.8) is 0 Å². The molecular formula is C17H19N3O9. The summed E-state index contributed by atoms with van der Waals surface area (Å²) in [5, 5.41) is 34.8. The Labute approximate surface area is 163 Å². The van der Waals surface area contributed by atoms with Crippen LogP contribution in [0, 0.1) is 0 Å². The number of hydrogen-bond acceptors (Lipinski definition) is 8. The quantitative estimate of drug-likeness (QED) is 0.236. The Morgan fingerprint density at radius 2 is 1.69 bits per heavy atom. The smallest absolute Gasteiger partial charge is 0.335 e. The maximum Gasteiger partial charge on any atom is 0.335 e. The van der Waals surface area contributed by atoms with Gasteiger partial charge in [0, 0.05) is 29.8 Å². The first-order chi connectivity index (χ1) is 13.5. The number of nitrogen functional groups attached to an aromatic ring is 1. The molecule has 3 atom stereocenters. The molecule has 156 valence electrons. The molecule has 12 heteroatoms. The number of benzene rings is 1. The zero-order valence-electron chi connectivity index (χ0n) is 14.9. The van der Waals surface area contributed by atoms with E-state index >= 15 is 0 Å². The zero-order valence-corrected chi connectivity index (χ0v) is 14.9. The van der Waals surface area contributed by atoms with Crippen LogP contribution in [-0.4, -0.2) is 73.2 Å². The fourth-order valence-corrected chi connectivity index (χ4v) is 2.88. The summed E-state index contributed by atoms with van der Waals surface area (Å²) in [7, 11) is 0. The molecule has 12 nitrogen and oxygen atoms in total. The van der Waals surface area contributed by atoms with Crippen molar-refractivity contribution in [2.45, 2.75) is 37.6 Å². The Bertz CT molecular complexity index is 852. The van der Waals surface area contributed by atoms with Crippen LogP contribution in [0.15, 0.2) is 18.2 Å². The number of carboxylic acids is 2. The fraction of sp³-hybridized carbons (Fsp3) is 0.353. The molecule has 0 aliphatic carbocycles. The van der Waals surface area contributed by atoms with E-state index in [1.807, 2.05) is 0 Å². The zero-order chi connectivity index (χ0) is 21.9. The van der Waals surface area contributed by atoms with Crippen LogP contribution in [-0.2, 0) is 25.7 Å². The minimum atomic E-state index is -2.27. The van der Waals surface area contributed by atoms with Gasteiger partial charge >= 0.3 is 11.9 Å². The predicted octanol–water partition coefficient (Wildman–Crippen LogP) is -2.09. The van der Waals surface area contributed by atoms with Crippen LogP contribution < -0.4 is 11.1 Å². The van der Waals surface area contributed by atoms with Gasteiger partial charge < -0.3 is 31.1 Å². The molecule has 1 aromatic carbocycles. The maximum atomic E-state index is 12.3. The third-order valence-corrected chi connectivity index (χ3v) is 4.42. The molecule has 0 radical (unpaired) electrons. The second-order valence-electron chi connectivity index (χ2n) is 6.34. The Kier molecular flexibility index (Phi) is 6.51. The van der Waals surface area contributed by atoms with Gasteiger partial charge in [-0.05, 0) is 18.6 Å². The molecule has 3 amide bonds. The highest BCUT2D eigenvalue weighted by Crippen LogP contribution is 2.30. The van der Waals surface area contributed by atoms with Gasteiger partial charge in [0.05, 0.1) is 0 Å². The Balaban J connectivity index is 0.000000257. The molecular weight excluding hydrogens is 390 g/mol. The highest BCUT2D eigenvalue weighted by atomic mass is 16.4. The van der Waals surface area contributed by atoms with Crippen LogP contribution in [0.5, 0.6) is 0 Å². The van der Waals surface area contributed by atoms with Gasteiger partial charge in [0.15, 0.2) is 12.2 Å². The lowest BCUT2D eigenvalue weighted by molar-refractivity contribution is -0.165. The Morgan fingerprint density at radius 3 is 2.17 bits per heavy atom. The van der Waals surface area contributed by atoms with Crippen molar-refractivity contribution in [2.24, 2.45) is 0 Å². The van der Waals surface area contributed by atoms with Crippen molar-refractivity contribution in [1.29, 1.82) is 0 Å². The number of carboxylic acid groups (broad SMARTS) is 2. The standard InChI is InChI=1S/C13H13N3O3.C4H6O6/c14-9-3-1-2-7-8(9)6-16(13(7)19)10-4-5-11(17)15-12(10)18;5-1(3(7)8)2(6)4(9)10/h1-3,10H,4-6,14H2,(H,15,17,18);1-2,5-6H,(H,7,8)(H,9,10). The summed E-state index contributed by atoms with van der Waals surface area (Å²) in [5.41, 5.74) is 7.71. The third-order valence-electron chi connectivity index (χ3n) is 4.42. The Hall–Kier alpha value is -3.51. The van der Waals surface area contributed by atoms with E-state index in [1.54, 1.807) is 18.2 Å². The first kappa shape index (κ1) is 21.8. The number of carbonyl (C=O) groups is 5. The van der Waals surface area contributed by atoms with Crippen LogP contribution in [0.3, 0.4) is 0 Å². The number of aliphatic carboxylic acids is 2. The topological polar surface area (TPSA) is 208 Å². The summed E-state index contributed by atoms with van der Waals surface area (Å²) >= 11 is 0. The first-order valence-corrected chi connectivity index (χ1v) is 8.38. The van der Waals surface area contributed by atoms with E-state index in [0.29, 0.717) is 24.2 Å². The van der Waals surface area contributed by atoms with E-state index in [4.69, 9.17) is 26.2 Å². The summed E-state index contributed by atoms with van der Waals surface area (Å²) in [6, 6.07) is 4.58. The number of carbonyl (C=O) groups excluding carboxylic acids is 3. The largest absolute Gasteiger partial charge is 0.479 e. The number of anilines is 1. The maximum absolute atomic E-state index is 12.3. The molecule has 0 saturated carbocycles. The number of imide groups is 1. The number of aliphatic hydroxyl groups excluding tert-OH is 2. The van der Waals surface area contributed by atoms with E-state index in [2.05, 4.69) is 5.32 Å². The van der Waals surface area contributed by atoms with Crippen molar-refractivity contribution in [3.8, 4) is 0 Å². The molecule has 29 heavy (non-hydrogen) atoms. The number of nitrogens with zero attached hydrogens (tertiary/aromatic N) is 1. The molecule has 7 N–H and O–H groups in total. The molecule has 0 aromatic heterocycles. The Morgan fingerprint density at radius 1 is 1.10 bits per heavy atom. The summed E-state index contributed by atoms with van der Waals surface area (Å²) in [5.74, 6) is -4.43. The molecule has 3 unspecified atom stereocenters. The summed E-state index contributed by atoms with van der Waals surface area (Å²) < 4.78 is 0. The van der Waals surface area contributed by atoms with Gasteiger partial charge in [0.25, 0.3) is 5.91 Å². The molecule has 1 saturated heterocycles. The van der Waals surface area contributed by atoms with Crippen molar-refractivity contribution in [1.82, 2.24) is 10.2 Å². The van der Waals surface area contributed by atoms with Crippen LogP contribution in [0.25, 0.3) is 0 Å². The number of piperidine rings is 1. The van der Waals surface area contributed by atoms with Crippen molar-refractivity contribution < 1.29 is 44.4 Å². The second-order valence-corrected chi connectivity index (χ2v) is 6.34. The number of nitrogens with one attached hydrogen (secondary N) is 1. The molecule has 2 aliphatic heterocycles. The van der Waals surface area contributed by atoms with Crippen molar-refractivity contribution in [3.05, 3.63) is 29.3 Å². The summed E-state index contributed by atoms with van der Waals surface area (Å²) in [6.07, 6.45) is -3.91. The van der Waals surface area contributed by atoms with Crippen molar-refractivity contribution >= 4 is 35.3 Å². The number of rotatable bonds is 4. The van der Waals surface area contributed by atoms with Gasteiger partial charge in [-0.1, -0.05) is 6.07 Å². The molecule has 2 aliphatic rings. The monoisotopic (exact) mass is 409 g/mol. The molecule has 1 fully saturated rings. The van der Waals surface area contributed by atoms with E-state index < -0.39 is 36.1 Å². The highest BCUT2D eigenvalue weighted by molar-refractivity contribution is 6.06. The molecule has 0 spiro atoms. The lowest BCUT2D eigenvalue weighted by Gasteiger charge is -2.29. The van der Waals surface area contributed by atoms with Crippen LogP contribution >= 0.6 is 0 Å². The van der Waals surface area contributed by atoms with Crippen molar-refractivity contribution in [2.75, 3.05) is 5.73 Å². The average Bonchev–Trinajstić information content (AvgIpc) is 2.99. The van der Waals surface area contributed by atoms with Gasteiger partial charge in [-0.15, -0.1) is 0 Å². The number of amides is 3. The van der Waals surface area contributed by atoms with Crippen LogP contribution in [0.4, 0.5) is 5.69 Å². The fourth-order valence-electron chi connectivity index (χ4n) is 2.88. The third kappa shape index (κ3) is 4.67. The second kappa shape index (κ2) is 8.67. The van der Waals surface area contributed by atoms with Gasteiger partial charge in [0.1, 0.15) is 6.04 Å². The molecule has 2 heterocycles. The van der Waals surface area contributed by atoms with E-state index in [9.17, 15) is 24.0 Å². The minimum absolute atomic E-state index is 0.197. The molecule has 3 rings (SSSR count). The van der Waals surface area contributed by atoms with Gasteiger partial charge in [0.2, 0.25) is 11.8 Å². The SMILES string of the molecule is Nc1cccc2c1CN(C1CCC(=O)NC1=O)C2=O.O=C(O)C(O)C(O)C(=O)O. The molecule has 1 aromatic rings. The van der Waals surface area contributed by atoms with E-state index in [0.717, 1.165) is 5.56 Å². The van der Waals surface area contributed by atoms with Crippen LogP contribution in [0.1, 0.15) is 28.8 Å². The lowest BCUT2D eigenvalue weighted by atomic mass is 10.0. The van der Waals surface area contributed by atoms with Gasteiger partial charge in [-0.25, -0.2) is 9.59 Å². The average molecular weight is 409 g/mol. The van der Waals surface area contributed by atoms with E-state index in [1.165, 1.54) is 4.90 Å². The molecule has 0 bridgehead atoms. The van der Waals surface area contributed by atoms with Gasteiger partial charge in [-0.2, -0.15) is 0 Å². The number of hydrogen-bond donors (Lipinski definition) is 6. The minimum Gasteiger partial charge on any atom is -0.479 e.